The summed E-state index contributed by atoms with van der Waals surface area (Å²) < 4.78 is 13.1. The van der Waals surface area contributed by atoms with Gasteiger partial charge in [-0.05, 0) is 61.2 Å². The molecule has 6 heteroatoms. The van der Waals surface area contributed by atoms with E-state index in [-0.39, 0.29) is 23.8 Å². The molecule has 0 spiro atoms. The minimum atomic E-state index is -0.279. The van der Waals surface area contributed by atoms with Crippen LogP contribution >= 0.6 is 0 Å². The third-order valence-electron chi connectivity index (χ3n) is 5.55. The molecule has 2 aromatic rings. The topological polar surface area (TPSA) is 68.2 Å². The Bertz CT molecular complexity index is 900. The number of nitriles is 1. The first-order chi connectivity index (χ1) is 13.6. The van der Waals surface area contributed by atoms with Gasteiger partial charge in [-0.15, -0.1) is 0 Å². The van der Waals surface area contributed by atoms with Gasteiger partial charge in [0.15, 0.2) is 0 Å². The average molecular weight is 378 g/mol. The van der Waals surface area contributed by atoms with Gasteiger partial charge in [-0.2, -0.15) is 5.26 Å². The first-order valence-electron chi connectivity index (χ1n) is 9.73. The van der Waals surface area contributed by atoms with Crippen molar-refractivity contribution in [3.63, 3.8) is 0 Å². The van der Waals surface area contributed by atoms with Gasteiger partial charge in [-0.3, -0.25) is 4.79 Å². The minimum Gasteiger partial charge on any atom is -0.368 e. The maximum Gasteiger partial charge on any atom is 0.237 e. The Labute approximate surface area is 164 Å². The highest BCUT2D eigenvalue weighted by molar-refractivity contribution is 5.82. The molecule has 0 radical (unpaired) electrons. The first kappa shape index (κ1) is 18.5. The highest BCUT2D eigenvalue weighted by Gasteiger charge is 2.29. The Morgan fingerprint density at radius 2 is 1.96 bits per heavy atom. The van der Waals surface area contributed by atoms with Crippen LogP contribution < -0.4 is 15.5 Å². The van der Waals surface area contributed by atoms with Gasteiger partial charge >= 0.3 is 0 Å². The number of nitrogens with zero attached hydrogens (tertiary/aromatic N) is 2. The molecule has 2 N–H and O–H groups in total. The molecule has 2 heterocycles. The second-order valence-corrected chi connectivity index (χ2v) is 7.44. The van der Waals surface area contributed by atoms with Gasteiger partial charge in [-0.25, -0.2) is 4.39 Å². The van der Waals surface area contributed by atoms with Crippen LogP contribution in [0.2, 0.25) is 0 Å². The summed E-state index contributed by atoms with van der Waals surface area (Å²) in [6.07, 6.45) is 2.80. The SMILES string of the molecule is N#Cc1cc(-c2ccc(F)cc2)ccc1N1CCC(NC(=O)C2CCCN2)C1. The summed E-state index contributed by atoms with van der Waals surface area (Å²) in [6, 6.07) is 14.3. The number of carbonyl (C=O) groups is 1. The van der Waals surface area contributed by atoms with Gasteiger partial charge in [0.2, 0.25) is 5.91 Å². The van der Waals surface area contributed by atoms with Crippen LogP contribution in [0.25, 0.3) is 11.1 Å². The molecule has 0 aromatic heterocycles. The molecule has 5 nitrogen and oxygen atoms in total. The lowest BCUT2D eigenvalue weighted by Crippen LogP contribution is -2.46. The number of nitrogens with one attached hydrogen (secondary N) is 2. The van der Waals surface area contributed by atoms with E-state index in [1.165, 1.54) is 12.1 Å². The molecule has 1 amide bonds. The molecular weight excluding hydrogens is 355 g/mol. The van der Waals surface area contributed by atoms with Crippen molar-refractivity contribution in [2.24, 2.45) is 0 Å². The molecular formula is C22H23FN4O. The zero-order valence-electron chi connectivity index (χ0n) is 15.6. The Morgan fingerprint density at radius 1 is 1.18 bits per heavy atom. The quantitative estimate of drug-likeness (QED) is 0.859. The Balaban J connectivity index is 1.46. The lowest BCUT2D eigenvalue weighted by atomic mass is 10.0. The number of hydrogen-bond donors (Lipinski definition) is 2. The van der Waals surface area contributed by atoms with Gasteiger partial charge < -0.3 is 15.5 Å². The highest BCUT2D eigenvalue weighted by atomic mass is 19.1. The van der Waals surface area contributed by atoms with Gasteiger partial charge in [0, 0.05) is 19.1 Å². The van der Waals surface area contributed by atoms with Gasteiger partial charge in [0.05, 0.1) is 17.3 Å². The molecule has 2 aliphatic heterocycles. The molecule has 2 unspecified atom stereocenters. The summed E-state index contributed by atoms with van der Waals surface area (Å²) in [4.78, 5) is 14.5. The van der Waals surface area contributed by atoms with Crippen LogP contribution in [-0.4, -0.2) is 37.6 Å². The second kappa shape index (κ2) is 7.99. The van der Waals surface area contributed by atoms with Crippen LogP contribution in [0.4, 0.5) is 10.1 Å². The van der Waals surface area contributed by atoms with E-state index in [4.69, 9.17) is 0 Å². The summed E-state index contributed by atoms with van der Waals surface area (Å²) in [6.45, 7) is 2.40. The zero-order chi connectivity index (χ0) is 19.5. The van der Waals surface area contributed by atoms with Crippen molar-refractivity contribution in [2.45, 2.75) is 31.3 Å². The maximum absolute atomic E-state index is 13.1. The summed E-state index contributed by atoms with van der Waals surface area (Å²) in [7, 11) is 0. The van der Waals surface area contributed by atoms with Crippen LogP contribution in [-0.2, 0) is 4.79 Å². The normalized spacial score (nSPS) is 21.5. The lowest BCUT2D eigenvalue weighted by molar-refractivity contribution is -0.123. The third-order valence-corrected chi connectivity index (χ3v) is 5.55. The Hall–Kier alpha value is -2.91. The minimum absolute atomic E-state index is 0.0706. The average Bonchev–Trinajstić information content (AvgIpc) is 3.40. The van der Waals surface area contributed by atoms with E-state index < -0.39 is 0 Å². The molecule has 2 aromatic carbocycles. The zero-order valence-corrected chi connectivity index (χ0v) is 15.6. The summed E-state index contributed by atoms with van der Waals surface area (Å²) in [5, 5.41) is 16.0. The van der Waals surface area contributed by atoms with Crippen LogP contribution in [0.1, 0.15) is 24.8 Å². The van der Waals surface area contributed by atoms with Crippen molar-refractivity contribution < 1.29 is 9.18 Å². The summed E-state index contributed by atoms with van der Waals surface area (Å²) in [5.74, 6) is -0.199. The van der Waals surface area contributed by atoms with Gasteiger partial charge in [0.25, 0.3) is 0 Å². The number of rotatable bonds is 4. The fourth-order valence-electron chi connectivity index (χ4n) is 4.03. The molecule has 4 rings (SSSR count). The molecule has 0 saturated carbocycles. The number of halogens is 1. The van der Waals surface area contributed by atoms with E-state index >= 15 is 0 Å². The standard InChI is InChI=1S/C22H23FN4O/c23-18-6-3-15(4-7-18)16-5-8-21(17(12-16)13-24)27-11-9-19(14-27)26-22(28)20-2-1-10-25-20/h3-8,12,19-20,25H,1-2,9-11,14H2,(H,26,28). The Morgan fingerprint density at radius 3 is 2.68 bits per heavy atom. The predicted molar refractivity (Wildman–Crippen MR) is 106 cm³/mol. The molecule has 0 bridgehead atoms. The second-order valence-electron chi connectivity index (χ2n) is 7.44. The maximum atomic E-state index is 13.1. The van der Waals surface area contributed by atoms with Crippen LogP contribution in [0.5, 0.6) is 0 Å². The van der Waals surface area contributed by atoms with Gasteiger partial charge in [0.1, 0.15) is 11.9 Å². The van der Waals surface area contributed by atoms with Crippen LogP contribution in [0.3, 0.4) is 0 Å². The smallest absolute Gasteiger partial charge is 0.237 e. The van der Waals surface area contributed by atoms with Crippen molar-refractivity contribution in [2.75, 3.05) is 24.5 Å². The monoisotopic (exact) mass is 378 g/mol. The van der Waals surface area contributed by atoms with E-state index in [2.05, 4.69) is 21.6 Å². The fraction of sp³-hybridized carbons (Fsp3) is 0.364. The lowest BCUT2D eigenvalue weighted by Gasteiger charge is -2.21. The third kappa shape index (κ3) is 3.85. The molecule has 28 heavy (non-hydrogen) atoms. The molecule has 2 aliphatic rings. The fourth-order valence-corrected chi connectivity index (χ4v) is 4.03. The van der Waals surface area contributed by atoms with E-state index in [1.807, 2.05) is 18.2 Å². The van der Waals surface area contributed by atoms with E-state index in [9.17, 15) is 14.4 Å². The number of benzene rings is 2. The first-order valence-corrected chi connectivity index (χ1v) is 9.73. The molecule has 2 fully saturated rings. The van der Waals surface area contributed by atoms with Crippen molar-refractivity contribution in [1.29, 1.82) is 5.26 Å². The molecule has 2 saturated heterocycles. The highest BCUT2D eigenvalue weighted by Crippen LogP contribution is 2.29. The van der Waals surface area contributed by atoms with Crippen LogP contribution in [0, 0.1) is 17.1 Å². The van der Waals surface area contributed by atoms with E-state index in [1.54, 1.807) is 12.1 Å². The number of carbonyl (C=O) groups excluding carboxylic acids is 1. The predicted octanol–water partition coefficient (Wildman–Crippen LogP) is 2.81. The van der Waals surface area contributed by atoms with Crippen molar-refractivity contribution in [3.05, 3.63) is 53.8 Å². The number of hydrogen-bond acceptors (Lipinski definition) is 4. The van der Waals surface area contributed by atoms with Crippen LogP contribution in [0.15, 0.2) is 42.5 Å². The summed E-state index contributed by atoms with van der Waals surface area (Å²) in [5.41, 5.74) is 3.23. The summed E-state index contributed by atoms with van der Waals surface area (Å²) >= 11 is 0. The molecule has 0 aliphatic carbocycles. The Kier molecular flexibility index (Phi) is 5.27. The van der Waals surface area contributed by atoms with Gasteiger partial charge in [-0.1, -0.05) is 18.2 Å². The van der Waals surface area contributed by atoms with E-state index in [0.717, 1.165) is 49.2 Å². The largest absolute Gasteiger partial charge is 0.368 e. The van der Waals surface area contributed by atoms with Crippen molar-refractivity contribution in [1.82, 2.24) is 10.6 Å². The van der Waals surface area contributed by atoms with Crippen molar-refractivity contribution >= 4 is 11.6 Å². The molecule has 2 atom stereocenters. The number of anilines is 1. The van der Waals surface area contributed by atoms with E-state index in [0.29, 0.717) is 12.1 Å². The number of amides is 1. The molecule has 144 valence electrons. The van der Waals surface area contributed by atoms with Crippen molar-refractivity contribution in [3.8, 4) is 17.2 Å².